The topological polar surface area (TPSA) is 58.2 Å². The molecule has 0 saturated carbocycles. The highest BCUT2D eigenvalue weighted by Crippen LogP contribution is 2.15. The predicted octanol–water partition coefficient (Wildman–Crippen LogP) is 3.91. The summed E-state index contributed by atoms with van der Waals surface area (Å²) in [7, 11) is 0. The van der Waals surface area contributed by atoms with Crippen LogP contribution in [0.2, 0.25) is 0 Å². The van der Waals surface area contributed by atoms with E-state index in [1.165, 1.54) is 0 Å². The number of nitrogens with one attached hydrogen (secondary N) is 2. The molecular formula is C19H21BrN2O2. The largest absolute Gasteiger partial charge is 0.350 e. The molecule has 0 aliphatic heterocycles. The standard InChI is InChI=1S/C19H21BrN2O2/c1-3-13(2)22-18(23)15-8-6-7-14(11-15)12-21-19(24)16-9-4-5-10-17(16)20/h4-11,13H,3,12H2,1-2H3,(H,21,24)(H,22,23). The smallest absolute Gasteiger partial charge is 0.252 e. The summed E-state index contributed by atoms with van der Waals surface area (Å²) in [6, 6.07) is 14.7. The third kappa shape index (κ3) is 4.93. The molecule has 24 heavy (non-hydrogen) atoms. The van der Waals surface area contributed by atoms with Crippen molar-refractivity contribution >= 4 is 27.7 Å². The van der Waals surface area contributed by atoms with E-state index in [0.29, 0.717) is 17.7 Å². The third-order valence-corrected chi connectivity index (χ3v) is 4.44. The summed E-state index contributed by atoms with van der Waals surface area (Å²) in [4.78, 5) is 24.4. The van der Waals surface area contributed by atoms with Gasteiger partial charge in [0.2, 0.25) is 0 Å². The fourth-order valence-corrected chi connectivity index (χ4v) is 2.62. The van der Waals surface area contributed by atoms with E-state index in [-0.39, 0.29) is 17.9 Å². The molecule has 0 aliphatic rings. The predicted molar refractivity (Wildman–Crippen MR) is 99.0 cm³/mol. The molecule has 0 aliphatic carbocycles. The molecule has 4 nitrogen and oxygen atoms in total. The number of carbonyl (C=O) groups is 2. The van der Waals surface area contributed by atoms with Crippen LogP contribution in [0.25, 0.3) is 0 Å². The Morgan fingerprint density at radius 3 is 2.54 bits per heavy atom. The molecule has 0 radical (unpaired) electrons. The molecule has 2 N–H and O–H groups in total. The average Bonchev–Trinajstić information content (AvgIpc) is 2.60. The molecule has 126 valence electrons. The van der Waals surface area contributed by atoms with Gasteiger partial charge in [-0.3, -0.25) is 9.59 Å². The lowest BCUT2D eigenvalue weighted by atomic mass is 10.1. The van der Waals surface area contributed by atoms with Gasteiger partial charge in [-0.05, 0) is 59.1 Å². The van der Waals surface area contributed by atoms with Crippen molar-refractivity contribution in [1.82, 2.24) is 10.6 Å². The van der Waals surface area contributed by atoms with Gasteiger partial charge in [-0.2, -0.15) is 0 Å². The first kappa shape index (κ1) is 18.2. The minimum atomic E-state index is -0.156. The zero-order valence-corrected chi connectivity index (χ0v) is 15.4. The minimum Gasteiger partial charge on any atom is -0.350 e. The summed E-state index contributed by atoms with van der Waals surface area (Å²) in [5.41, 5.74) is 2.07. The second-order valence-electron chi connectivity index (χ2n) is 5.65. The van der Waals surface area contributed by atoms with Gasteiger partial charge in [-0.25, -0.2) is 0 Å². The van der Waals surface area contributed by atoms with Crippen molar-refractivity contribution in [3.05, 3.63) is 69.7 Å². The molecule has 0 spiro atoms. The second kappa shape index (κ2) is 8.64. The Balaban J connectivity index is 2.01. The van der Waals surface area contributed by atoms with Crippen LogP contribution in [0, 0.1) is 0 Å². The van der Waals surface area contributed by atoms with Gasteiger partial charge in [0.15, 0.2) is 0 Å². The Morgan fingerprint density at radius 1 is 1.08 bits per heavy atom. The Labute approximate surface area is 150 Å². The van der Waals surface area contributed by atoms with Crippen LogP contribution in [0.1, 0.15) is 46.5 Å². The second-order valence-corrected chi connectivity index (χ2v) is 6.50. The van der Waals surface area contributed by atoms with E-state index in [1.807, 2.05) is 44.2 Å². The van der Waals surface area contributed by atoms with Gasteiger partial charge in [0.05, 0.1) is 5.56 Å². The van der Waals surface area contributed by atoms with Gasteiger partial charge >= 0.3 is 0 Å². The molecule has 5 heteroatoms. The molecule has 2 aromatic rings. The molecule has 1 unspecified atom stereocenters. The Morgan fingerprint density at radius 2 is 1.83 bits per heavy atom. The summed E-state index contributed by atoms with van der Waals surface area (Å²) >= 11 is 3.37. The Kier molecular flexibility index (Phi) is 6.55. The highest BCUT2D eigenvalue weighted by Gasteiger charge is 2.11. The van der Waals surface area contributed by atoms with E-state index in [1.54, 1.807) is 18.2 Å². The van der Waals surface area contributed by atoms with Crippen molar-refractivity contribution in [1.29, 1.82) is 0 Å². The summed E-state index contributed by atoms with van der Waals surface area (Å²) in [5, 5.41) is 5.81. The van der Waals surface area contributed by atoms with E-state index < -0.39 is 0 Å². The average molecular weight is 389 g/mol. The normalized spacial score (nSPS) is 11.6. The maximum atomic E-state index is 12.2. The van der Waals surface area contributed by atoms with Crippen LogP contribution in [-0.2, 0) is 6.54 Å². The number of hydrogen-bond acceptors (Lipinski definition) is 2. The molecule has 2 aromatic carbocycles. The number of halogens is 1. The lowest BCUT2D eigenvalue weighted by Gasteiger charge is -2.12. The fraction of sp³-hybridized carbons (Fsp3) is 0.263. The van der Waals surface area contributed by atoms with Crippen molar-refractivity contribution < 1.29 is 9.59 Å². The number of hydrogen-bond donors (Lipinski definition) is 2. The van der Waals surface area contributed by atoms with Gasteiger partial charge in [0.25, 0.3) is 11.8 Å². The zero-order valence-electron chi connectivity index (χ0n) is 13.8. The van der Waals surface area contributed by atoms with E-state index in [9.17, 15) is 9.59 Å². The van der Waals surface area contributed by atoms with E-state index in [2.05, 4.69) is 26.6 Å². The van der Waals surface area contributed by atoms with Gasteiger partial charge in [0.1, 0.15) is 0 Å². The monoisotopic (exact) mass is 388 g/mol. The van der Waals surface area contributed by atoms with Crippen molar-refractivity contribution in [2.75, 3.05) is 0 Å². The molecular weight excluding hydrogens is 368 g/mol. The summed E-state index contributed by atoms with van der Waals surface area (Å²) in [6.07, 6.45) is 0.882. The molecule has 0 heterocycles. The quantitative estimate of drug-likeness (QED) is 0.787. The van der Waals surface area contributed by atoms with E-state index in [0.717, 1.165) is 16.5 Å². The summed E-state index contributed by atoms with van der Waals surface area (Å²) < 4.78 is 0.754. The Bertz CT molecular complexity index is 731. The highest BCUT2D eigenvalue weighted by atomic mass is 79.9. The highest BCUT2D eigenvalue weighted by molar-refractivity contribution is 9.10. The molecule has 0 saturated heterocycles. The molecule has 0 bridgehead atoms. The van der Waals surface area contributed by atoms with Gasteiger partial charge < -0.3 is 10.6 Å². The van der Waals surface area contributed by atoms with Crippen LogP contribution in [0.4, 0.5) is 0 Å². The van der Waals surface area contributed by atoms with Crippen LogP contribution in [0.15, 0.2) is 53.0 Å². The van der Waals surface area contributed by atoms with Crippen LogP contribution in [-0.4, -0.2) is 17.9 Å². The number of benzene rings is 2. The van der Waals surface area contributed by atoms with Gasteiger partial charge in [-0.15, -0.1) is 0 Å². The molecule has 0 fully saturated rings. The summed E-state index contributed by atoms with van der Waals surface area (Å²) in [6.45, 7) is 4.36. The first-order chi connectivity index (χ1) is 11.5. The van der Waals surface area contributed by atoms with Crippen molar-refractivity contribution in [2.24, 2.45) is 0 Å². The maximum absolute atomic E-state index is 12.2. The third-order valence-electron chi connectivity index (χ3n) is 3.75. The van der Waals surface area contributed by atoms with Crippen LogP contribution in [0.3, 0.4) is 0 Å². The van der Waals surface area contributed by atoms with Crippen molar-refractivity contribution in [2.45, 2.75) is 32.9 Å². The van der Waals surface area contributed by atoms with E-state index in [4.69, 9.17) is 0 Å². The minimum absolute atomic E-state index is 0.0941. The molecule has 1 atom stereocenters. The fourth-order valence-electron chi connectivity index (χ4n) is 2.15. The number of rotatable bonds is 6. The van der Waals surface area contributed by atoms with Crippen LogP contribution in [0.5, 0.6) is 0 Å². The van der Waals surface area contributed by atoms with Crippen molar-refractivity contribution in [3.8, 4) is 0 Å². The zero-order chi connectivity index (χ0) is 17.5. The maximum Gasteiger partial charge on any atom is 0.252 e. The van der Waals surface area contributed by atoms with Crippen LogP contribution >= 0.6 is 15.9 Å². The Hall–Kier alpha value is -2.14. The van der Waals surface area contributed by atoms with Gasteiger partial charge in [0, 0.05) is 22.6 Å². The SMILES string of the molecule is CCC(C)NC(=O)c1cccc(CNC(=O)c2ccccc2Br)c1. The summed E-state index contributed by atoms with van der Waals surface area (Å²) in [5.74, 6) is -0.250. The van der Waals surface area contributed by atoms with Gasteiger partial charge in [-0.1, -0.05) is 31.2 Å². The molecule has 2 rings (SSSR count). The van der Waals surface area contributed by atoms with Crippen LogP contribution < -0.4 is 10.6 Å². The molecule has 0 aromatic heterocycles. The first-order valence-corrected chi connectivity index (χ1v) is 8.73. The lowest BCUT2D eigenvalue weighted by Crippen LogP contribution is -2.32. The first-order valence-electron chi connectivity index (χ1n) is 7.93. The number of amides is 2. The number of carbonyl (C=O) groups excluding carboxylic acids is 2. The lowest BCUT2D eigenvalue weighted by molar-refractivity contribution is 0.0936. The van der Waals surface area contributed by atoms with E-state index >= 15 is 0 Å². The van der Waals surface area contributed by atoms with Crippen molar-refractivity contribution in [3.63, 3.8) is 0 Å². The molecule has 2 amide bonds.